The number of amides is 2. The number of carbonyl (C=O) groups excluding carboxylic acids is 2. The number of rotatable bonds is 4. The molecule has 5 nitrogen and oxygen atoms in total. The highest BCUT2D eigenvalue weighted by molar-refractivity contribution is 6.31. The van der Waals surface area contributed by atoms with E-state index < -0.39 is 0 Å². The lowest BCUT2D eigenvalue weighted by atomic mass is 10.0. The largest absolute Gasteiger partial charge is 0.496 e. The van der Waals surface area contributed by atoms with E-state index in [1.165, 1.54) is 0 Å². The first-order valence-electron chi connectivity index (χ1n) is 9.07. The van der Waals surface area contributed by atoms with Crippen molar-refractivity contribution in [2.45, 2.75) is 24.9 Å². The topological polar surface area (TPSA) is 58.6 Å². The highest BCUT2D eigenvalue weighted by atomic mass is 35.5. The lowest BCUT2D eigenvalue weighted by Crippen LogP contribution is -2.47. The van der Waals surface area contributed by atoms with Crippen LogP contribution in [-0.2, 0) is 0 Å². The minimum Gasteiger partial charge on any atom is -0.496 e. The van der Waals surface area contributed by atoms with Gasteiger partial charge in [-0.05, 0) is 49.1 Å². The summed E-state index contributed by atoms with van der Waals surface area (Å²) in [6.45, 7) is 0.638. The molecule has 2 amide bonds. The minimum absolute atomic E-state index is 0.0532. The zero-order valence-electron chi connectivity index (χ0n) is 15.0. The number of hydrogen-bond acceptors (Lipinski definition) is 3. The van der Waals surface area contributed by atoms with Gasteiger partial charge in [-0.2, -0.15) is 0 Å². The Bertz CT molecular complexity index is 871. The number of carbonyl (C=O) groups is 2. The number of likely N-dealkylation sites (tertiary alicyclic amines) is 1. The lowest BCUT2D eigenvalue weighted by Gasteiger charge is -2.32. The molecule has 2 bridgehead atoms. The summed E-state index contributed by atoms with van der Waals surface area (Å²) in [7, 11) is 1.55. The van der Waals surface area contributed by atoms with Gasteiger partial charge in [0.25, 0.3) is 11.8 Å². The van der Waals surface area contributed by atoms with Crippen LogP contribution in [0.25, 0.3) is 0 Å². The molecule has 2 aliphatic rings. The zero-order valence-corrected chi connectivity index (χ0v) is 15.8. The van der Waals surface area contributed by atoms with Crippen LogP contribution in [0.15, 0.2) is 48.5 Å². The number of nitrogens with one attached hydrogen (secondary N) is 1. The molecule has 2 fully saturated rings. The van der Waals surface area contributed by atoms with Gasteiger partial charge < -0.3 is 15.0 Å². The number of benzene rings is 2. The maximum absolute atomic E-state index is 13.0. The van der Waals surface area contributed by atoms with Crippen LogP contribution in [0.3, 0.4) is 0 Å². The van der Waals surface area contributed by atoms with E-state index in [1.807, 2.05) is 35.2 Å². The van der Waals surface area contributed by atoms with Crippen LogP contribution in [0.4, 0.5) is 0 Å². The van der Waals surface area contributed by atoms with Gasteiger partial charge in [0.1, 0.15) is 5.75 Å². The monoisotopic (exact) mass is 384 g/mol. The average Bonchev–Trinajstić information content (AvgIpc) is 3.28. The van der Waals surface area contributed by atoms with Crippen molar-refractivity contribution in [3.63, 3.8) is 0 Å². The third-order valence-electron chi connectivity index (χ3n) is 5.55. The van der Waals surface area contributed by atoms with Crippen molar-refractivity contribution in [2.24, 2.45) is 5.92 Å². The molecule has 1 N–H and O–H groups in total. The molecule has 1 saturated carbocycles. The smallest absolute Gasteiger partial charge is 0.257 e. The van der Waals surface area contributed by atoms with Gasteiger partial charge >= 0.3 is 0 Å². The molecule has 140 valence electrons. The second-order valence-corrected chi connectivity index (χ2v) is 7.57. The molecule has 2 aromatic rings. The molecule has 1 aliphatic heterocycles. The first-order chi connectivity index (χ1) is 13.1. The molecule has 2 aromatic carbocycles. The number of piperidine rings is 1. The van der Waals surface area contributed by atoms with Crippen LogP contribution in [0.1, 0.15) is 33.6 Å². The van der Waals surface area contributed by atoms with Gasteiger partial charge in [-0.3, -0.25) is 9.59 Å². The number of fused-ring (bicyclic) bond motifs is 2. The maximum Gasteiger partial charge on any atom is 0.257 e. The number of halogens is 1. The number of ether oxygens (including phenoxy) is 1. The molecular weight excluding hydrogens is 364 g/mol. The predicted octanol–water partition coefficient (Wildman–Crippen LogP) is 3.38. The number of hydrogen-bond donors (Lipinski definition) is 1. The summed E-state index contributed by atoms with van der Waals surface area (Å²) in [6, 6.07) is 14.5. The molecule has 1 aliphatic carbocycles. The number of methoxy groups -OCH3 is 1. The van der Waals surface area contributed by atoms with Crippen molar-refractivity contribution >= 4 is 23.4 Å². The standard InChI is InChI=1S/C21H21ClN2O3/c1-27-19-8-7-15(22)10-17(19)21(26)24-12-14-9-16(24)11-18(14)23-20(25)13-5-3-2-4-6-13/h2-8,10,14,16,18H,9,11-12H2,1H3,(H,23,25)/t14-,16-,18-/m0/s1. The van der Waals surface area contributed by atoms with Gasteiger partial charge in [-0.15, -0.1) is 0 Å². The summed E-state index contributed by atoms with van der Waals surface area (Å²) >= 11 is 6.07. The summed E-state index contributed by atoms with van der Waals surface area (Å²) in [5, 5.41) is 3.65. The second kappa shape index (κ2) is 7.24. The Morgan fingerprint density at radius 2 is 1.93 bits per heavy atom. The van der Waals surface area contributed by atoms with Gasteiger partial charge in [0.2, 0.25) is 0 Å². The molecule has 1 saturated heterocycles. The molecule has 4 rings (SSSR count). The van der Waals surface area contributed by atoms with E-state index in [4.69, 9.17) is 16.3 Å². The van der Waals surface area contributed by atoms with E-state index in [2.05, 4.69) is 5.32 Å². The van der Waals surface area contributed by atoms with E-state index in [9.17, 15) is 9.59 Å². The summed E-state index contributed by atoms with van der Waals surface area (Å²) in [6.07, 6.45) is 1.69. The van der Waals surface area contributed by atoms with Crippen molar-refractivity contribution in [3.8, 4) is 5.75 Å². The predicted molar refractivity (Wildman–Crippen MR) is 103 cm³/mol. The van der Waals surface area contributed by atoms with Crippen molar-refractivity contribution in [2.75, 3.05) is 13.7 Å². The first kappa shape index (κ1) is 17.9. The first-order valence-corrected chi connectivity index (χ1v) is 9.45. The Hall–Kier alpha value is -2.53. The molecule has 0 unspecified atom stereocenters. The Morgan fingerprint density at radius 3 is 2.59 bits per heavy atom. The molecular formula is C21H21ClN2O3. The molecule has 3 atom stereocenters. The summed E-state index contributed by atoms with van der Waals surface area (Å²) in [4.78, 5) is 27.3. The van der Waals surface area contributed by atoms with E-state index in [0.717, 1.165) is 12.8 Å². The van der Waals surface area contributed by atoms with Gasteiger partial charge in [-0.1, -0.05) is 29.8 Å². The van der Waals surface area contributed by atoms with Crippen LogP contribution < -0.4 is 10.1 Å². The Kier molecular flexibility index (Phi) is 4.79. The van der Waals surface area contributed by atoms with Crippen molar-refractivity contribution in [3.05, 3.63) is 64.7 Å². The fourth-order valence-electron chi connectivity index (χ4n) is 4.22. The van der Waals surface area contributed by atoms with Crippen LogP contribution >= 0.6 is 11.6 Å². The Morgan fingerprint density at radius 1 is 1.15 bits per heavy atom. The van der Waals surface area contributed by atoms with Crippen LogP contribution in [0, 0.1) is 5.92 Å². The quantitative estimate of drug-likeness (QED) is 0.879. The Balaban J connectivity index is 1.44. The van der Waals surface area contributed by atoms with Crippen LogP contribution in [0.5, 0.6) is 5.75 Å². The van der Waals surface area contributed by atoms with E-state index in [1.54, 1.807) is 25.3 Å². The highest BCUT2D eigenvalue weighted by Crippen LogP contribution is 2.39. The molecule has 27 heavy (non-hydrogen) atoms. The second-order valence-electron chi connectivity index (χ2n) is 7.13. The van der Waals surface area contributed by atoms with E-state index in [0.29, 0.717) is 28.4 Å². The highest BCUT2D eigenvalue weighted by Gasteiger charge is 2.47. The molecule has 6 heteroatoms. The summed E-state index contributed by atoms with van der Waals surface area (Å²) in [5.41, 5.74) is 1.15. The molecule has 1 heterocycles. The van der Waals surface area contributed by atoms with Gasteiger partial charge in [0.05, 0.1) is 12.7 Å². The molecule has 0 aromatic heterocycles. The summed E-state index contributed by atoms with van der Waals surface area (Å²) < 4.78 is 5.32. The summed E-state index contributed by atoms with van der Waals surface area (Å²) in [5.74, 6) is 0.690. The van der Waals surface area contributed by atoms with E-state index >= 15 is 0 Å². The third-order valence-corrected chi connectivity index (χ3v) is 5.78. The van der Waals surface area contributed by atoms with Crippen molar-refractivity contribution < 1.29 is 14.3 Å². The van der Waals surface area contributed by atoms with E-state index in [-0.39, 0.29) is 29.8 Å². The average molecular weight is 385 g/mol. The normalized spacial score (nSPS) is 23.3. The SMILES string of the molecule is COc1ccc(Cl)cc1C(=O)N1C[C@@H]2C[C@H]1C[C@@H]2NC(=O)c1ccccc1. The fraction of sp³-hybridized carbons (Fsp3) is 0.333. The molecule has 0 radical (unpaired) electrons. The van der Waals surface area contributed by atoms with Crippen LogP contribution in [-0.4, -0.2) is 42.5 Å². The van der Waals surface area contributed by atoms with Gasteiger partial charge in [-0.25, -0.2) is 0 Å². The number of nitrogens with zero attached hydrogens (tertiary/aromatic N) is 1. The van der Waals surface area contributed by atoms with Crippen molar-refractivity contribution in [1.29, 1.82) is 0 Å². The van der Waals surface area contributed by atoms with Crippen molar-refractivity contribution in [1.82, 2.24) is 10.2 Å². The maximum atomic E-state index is 13.0. The van der Waals surface area contributed by atoms with Crippen LogP contribution in [0.2, 0.25) is 5.02 Å². The lowest BCUT2D eigenvalue weighted by molar-refractivity contribution is 0.0676. The third kappa shape index (κ3) is 3.39. The van der Waals surface area contributed by atoms with Gasteiger partial charge in [0, 0.05) is 29.2 Å². The Labute approximate surface area is 163 Å². The van der Waals surface area contributed by atoms with Gasteiger partial charge in [0.15, 0.2) is 0 Å². The minimum atomic E-state index is -0.0605. The molecule has 0 spiro atoms. The fourth-order valence-corrected chi connectivity index (χ4v) is 4.39. The zero-order chi connectivity index (χ0) is 19.0.